The molecule has 0 saturated heterocycles. The number of hydrogen-bond acceptors (Lipinski definition) is 6. The van der Waals surface area contributed by atoms with E-state index in [-0.39, 0.29) is 11.7 Å². The first-order chi connectivity index (χ1) is 15.4. The van der Waals surface area contributed by atoms with Crippen molar-refractivity contribution in [3.05, 3.63) is 29.8 Å². The van der Waals surface area contributed by atoms with Gasteiger partial charge in [0, 0.05) is 12.6 Å². The van der Waals surface area contributed by atoms with Crippen LogP contribution in [0, 0.1) is 0 Å². The Morgan fingerprint density at radius 1 is 1.09 bits per heavy atom. The maximum Gasteiger partial charge on any atom is 0.408 e. The van der Waals surface area contributed by atoms with Crippen LogP contribution in [0.25, 0.3) is 0 Å². The molecule has 1 aromatic rings. The Balaban J connectivity index is 3.24. The summed E-state index contributed by atoms with van der Waals surface area (Å²) in [4.78, 5) is 40.2. The Morgan fingerprint density at radius 3 is 2.18 bits per heavy atom. The zero-order valence-corrected chi connectivity index (χ0v) is 20.6. The summed E-state index contributed by atoms with van der Waals surface area (Å²) in [5, 5.41) is 24.8. The number of nitrogens with zero attached hydrogens (tertiary/aromatic N) is 1. The molecule has 2 unspecified atom stereocenters. The quantitative estimate of drug-likeness (QED) is 0.372. The van der Waals surface area contributed by atoms with Crippen molar-refractivity contribution in [2.45, 2.75) is 84.5 Å². The van der Waals surface area contributed by atoms with Crippen molar-refractivity contribution in [3.63, 3.8) is 0 Å². The fourth-order valence-electron chi connectivity index (χ4n) is 3.27. The number of amides is 3. The average molecular weight is 466 g/mol. The van der Waals surface area contributed by atoms with Crippen molar-refractivity contribution >= 4 is 17.9 Å². The second kappa shape index (κ2) is 13.0. The van der Waals surface area contributed by atoms with Gasteiger partial charge in [-0.05, 0) is 58.7 Å². The van der Waals surface area contributed by atoms with E-state index in [2.05, 4.69) is 17.6 Å². The highest BCUT2D eigenvalue weighted by Gasteiger charge is 2.37. The predicted octanol–water partition coefficient (Wildman–Crippen LogP) is 2.86. The van der Waals surface area contributed by atoms with Gasteiger partial charge in [0.2, 0.25) is 11.8 Å². The van der Waals surface area contributed by atoms with Gasteiger partial charge in [-0.1, -0.05) is 31.9 Å². The van der Waals surface area contributed by atoms with Crippen LogP contribution in [0.1, 0.15) is 72.4 Å². The van der Waals surface area contributed by atoms with Gasteiger partial charge < -0.3 is 30.5 Å². The number of phenolic OH excluding ortho intramolecular Hbond substituents is 1. The van der Waals surface area contributed by atoms with E-state index in [1.807, 2.05) is 0 Å². The van der Waals surface area contributed by atoms with Crippen molar-refractivity contribution in [2.24, 2.45) is 0 Å². The second-order valence-corrected chi connectivity index (χ2v) is 9.21. The van der Waals surface area contributed by atoms with Crippen molar-refractivity contribution in [1.29, 1.82) is 0 Å². The molecule has 186 valence electrons. The lowest BCUT2D eigenvalue weighted by atomic mass is 10.0. The molecule has 9 heteroatoms. The SMILES string of the molecule is CCCCCNC(=O)C(c1ccc(O)cc1)N(C(=O)C(CO)NC(=O)OC(C)(C)C)C(C)C. The van der Waals surface area contributed by atoms with Gasteiger partial charge in [0.05, 0.1) is 6.61 Å². The molecule has 0 spiro atoms. The summed E-state index contributed by atoms with van der Waals surface area (Å²) in [5.41, 5.74) is -0.283. The number of aliphatic hydroxyl groups is 1. The Labute approximate surface area is 196 Å². The summed E-state index contributed by atoms with van der Waals surface area (Å²) in [6, 6.07) is 3.28. The third-order valence-electron chi connectivity index (χ3n) is 4.80. The third-order valence-corrected chi connectivity index (χ3v) is 4.80. The summed E-state index contributed by atoms with van der Waals surface area (Å²) < 4.78 is 5.20. The highest BCUT2D eigenvalue weighted by Crippen LogP contribution is 2.26. The van der Waals surface area contributed by atoms with Gasteiger partial charge in [-0.2, -0.15) is 0 Å². The first-order valence-corrected chi connectivity index (χ1v) is 11.4. The molecule has 3 amide bonds. The Morgan fingerprint density at radius 2 is 1.70 bits per heavy atom. The molecule has 0 aliphatic rings. The number of rotatable bonds is 11. The van der Waals surface area contributed by atoms with Crippen LogP contribution >= 0.6 is 0 Å². The van der Waals surface area contributed by atoms with Crippen molar-refractivity contribution < 1.29 is 29.3 Å². The molecule has 4 N–H and O–H groups in total. The van der Waals surface area contributed by atoms with Crippen LogP contribution in [-0.2, 0) is 14.3 Å². The van der Waals surface area contributed by atoms with Gasteiger partial charge in [-0.3, -0.25) is 9.59 Å². The number of phenols is 1. The Kier molecular flexibility index (Phi) is 11.1. The van der Waals surface area contributed by atoms with Crippen LogP contribution in [0.3, 0.4) is 0 Å². The zero-order chi connectivity index (χ0) is 25.2. The fourth-order valence-corrected chi connectivity index (χ4v) is 3.27. The molecule has 0 radical (unpaired) electrons. The highest BCUT2D eigenvalue weighted by molar-refractivity contribution is 5.92. The Hall–Kier alpha value is -2.81. The van der Waals surface area contributed by atoms with Crippen LogP contribution < -0.4 is 10.6 Å². The van der Waals surface area contributed by atoms with Gasteiger partial charge in [-0.15, -0.1) is 0 Å². The summed E-state index contributed by atoms with van der Waals surface area (Å²) in [7, 11) is 0. The largest absolute Gasteiger partial charge is 0.508 e. The van der Waals surface area contributed by atoms with Crippen LogP contribution in [-0.4, -0.2) is 63.9 Å². The number of alkyl carbamates (subject to hydrolysis) is 1. The van der Waals surface area contributed by atoms with Crippen LogP contribution in [0.2, 0.25) is 0 Å². The molecule has 1 rings (SSSR count). The summed E-state index contributed by atoms with van der Waals surface area (Å²) in [5.74, 6) is -0.976. The number of carbonyl (C=O) groups is 3. The maximum absolute atomic E-state index is 13.4. The van der Waals surface area contributed by atoms with Crippen molar-refractivity contribution in [1.82, 2.24) is 15.5 Å². The van der Waals surface area contributed by atoms with E-state index < -0.39 is 42.3 Å². The third kappa shape index (κ3) is 9.29. The normalized spacial score (nSPS) is 13.2. The average Bonchev–Trinajstić information content (AvgIpc) is 2.72. The van der Waals surface area contributed by atoms with E-state index in [9.17, 15) is 24.6 Å². The zero-order valence-electron chi connectivity index (χ0n) is 20.6. The van der Waals surface area contributed by atoms with E-state index in [0.717, 1.165) is 19.3 Å². The number of ether oxygens (including phenoxy) is 1. The number of aromatic hydroxyl groups is 1. The molecule has 0 fully saturated rings. The number of unbranched alkanes of at least 4 members (excludes halogenated alkanes) is 2. The molecule has 33 heavy (non-hydrogen) atoms. The fraction of sp³-hybridized carbons (Fsp3) is 0.625. The number of hydrogen-bond donors (Lipinski definition) is 4. The number of carbonyl (C=O) groups excluding carboxylic acids is 3. The predicted molar refractivity (Wildman–Crippen MR) is 126 cm³/mol. The molecule has 0 aromatic heterocycles. The van der Waals surface area contributed by atoms with Crippen molar-refractivity contribution in [2.75, 3.05) is 13.2 Å². The molecule has 0 aliphatic heterocycles. The second-order valence-electron chi connectivity index (χ2n) is 9.21. The van der Waals surface area contributed by atoms with Gasteiger partial charge in [0.1, 0.15) is 23.4 Å². The Bertz CT molecular complexity index is 773. The van der Waals surface area contributed by atoms with Gasteiger partial charge in [-0.25, -0.2) is 4.79 Å². The smallest absolute Gasteiger partial charge is 0.408 e. The lowest BCUT2D eigenvalue weighted by Crippen LogP contribution is -2.56. The van der Waals surface area contributed by atoms with Gasteiger partial charge in [0.25, 0.3) is 0 Å². The molecular weight excluding hydrogens is 426 g/mol. The van der Waals surface area contributed by atoms with E-state index in [0.29, 0.717) is 12.1 Å². The topological polar surface area (TPSA) is 128 Å². The van der Waals surface area contributed by atoms with E-state index in [4.69, 9.17) is 4.74 Å². The molecule has 0 aliphatic carbocycles. The molecule has 1 aromatic carbocycles. The van der Waals surface area contributed by atoms with Gasteiger partial charge in [0.15, 0.2) is 0 Å². The lowest BCUT2D eigenvalue weighted by Gasteiger charge is -2.36. The summed E-state index contributed by atoms with van der Waals surface area (Å²) in [6.45, 7) is 10.4. The van der Waals surface area contributed by atoms with E-state index in [1.54, 1.807) is 46.8 Å². The van der Waals surface area contributed by atoms with E-state index >= 15 is 0 Å². The summed E-state index contributed by atoms with van der Waals surface area (Å²) >= 11 is 0. The molecule has 0 bridgehead atoms. The minimum Gasteiger partial charge on any atom is -0.508 e. The lowest BCUT2D eigenvalue weighted by molar-refractivity contribution is -0.145. The number of aliphatic hydroxyl groups excluding tert-OH is 1. The van der Waals surface area contributed by atoms with Crippen LogP contribution in [0.15, 0.2) is 24.3 Å². The first kappa shape index (κ1) is 28.2. The van der Waals surface area contributed by atoms with Crippen molar-refractivity contribution in [3.8, 4) is 5.75 Å². The minimum atomic E-state index is -1.30. The minimum absolute atomic E-state index is 0.0307. The standard InChI is InChI=1S/C24H39N3O6/c1-7-8-9-14-25-21(30)20(17-10-12-18(29)13-11-17)27(16(2)3)22(31)19(15-28)26-23(32)33-24(4,5)6/h10-13,16,19-20,28-29H,7-9,14-15H2,1-6H3,(H,25,30)(H,26,32). The number of nitrogens with one attached hydrogen (secondary N) is 2. The molecule has 9 nitrogen and oxygen atoms in total. The monoisotopic (exact) mass is 465 g/mol. The maximum atomic E-state index is 13.4. The highest BCUT2D eigenvalue weighted by atomic mass is 16.6. The molecular formula is C24H39N3O6. The molecule has 2 atom stereocenters. The van der Waals surface area contributed by atoms with Crippen LogP contribution in [0.5, 0.6) is 5.75 Å². The summed E-state index contributed by atoms with van der Waals surface area (Å²) in [6.07, 6.45) is 1.93. The van der Waals surface area contributed by atoms with E-state index in [1.165, 1.54) is 17.0 Å². The molecule has 0 saturated carbocycles. The first-order valence-electron chi connectivity index (χ1n) is 11.4. The molecule has 0 heterocycles. The number of benzene rings is 1. The van der Waals surface area contributed by atoms with Crippen LogP contribution in [0.4, 0.5) is 4.79 Å². The van der Waals surface area contributed by atoms with Gasteiger partial charge >= 0.3 is 6.09 Å².